The summed E-state index contributed by atoms with van der Waals surface area (Å²) in [5, 5.41) is 19.2. The number of nitrogens with one attached hydrogen (secondary N) is 1. The maximum absolute atomic E-state index is 8.05. The van der Waals surface area contributed by atoms with Crippen molar-refractivity contribution in [2.24, 2.45) is 0 Å². The highest BCUT2D eigenvalue weighted by Crippen LogP contribution is 2.42. The summed E-state index contributed by atoms with van der Waals surface area (Å²) in [4.78, 5) is 2.33. The highest BCUT2D eigenvalue weighted by molar-refractivity contribution is 7.09. The highest BCUT2D eigenvalue weighted by Gasteiger charge is 2.40. The van der Waals surface area contributed by atoms with Crippen LogP contribution < -0.4 is 14.8 Å². The van der Waals surface area contributed by atoms with E-state index < -0.39 is 5.54 Å². The summed E-state index contributed by atoms with van der Waals surface area (Å²) in [6.45, 7) is 10.1. The monoisotopic (exact) mass is 595 g/mol. The van der Waals surface area contributed by atoms with Gasteiger partial charge in [0.25, 0.3) is 0 Å². The molecule has 8 heteroatoms. The second-order valence-corrected chi connectivity index (χ2v) is 10.6. The number of benzene rings is 3. The number of hydrogen-bond acceptors (Lipinski definition) is 7. The minimum Gasteiger partial charge on any atom is -0.497 e. The molecule has 0 aliphatic rings. The first-order valence-corrected chi connectivity index (χ1v) is 14.8. The number of likely N-dealkylation sites (N-methyl/N-ethyl adjacent to an activating group) is 1. The second-order valence-electron chi connectivity index (χ2n) is 10.3. The number of rotatable bonds is 13. The first-order valence-electron chi connectivity index (χ1n) is 14.3. The van der Waals surface area contributed by atoms with Crippen molar-refractivity contribution in [3.05, 3.63) is 95.6 Å². The Kier molecular flexibility index (Phi) is 18.4. The molecule has 2 N–H and O–H groups in total. The van der Waals surface area contributed by atoms with E-state index in [0.717, 1.165) is 29.2 Å². The molecule has 0 amide bonds. The molecule has 0 spiro atoms. The fourth-order valence-corrected chi connectivity index (χ4v) is 4.79. The van der Waals surface area contributed by atoms with Gasteiger partial charge >= 0.3 is 0 Å². The van der Waals surface area contributed by atoms with Crippen LogP contribution >= 0.6 is 9.47 Å². The van der Waals surface area contributed by atoms with Gasteiger partial charge in [0, 0.05) is 41.1 Å². The van der Waals surface area contributed by atoms with E-state index in [0.29, 0.717) is 31.5 Å². The molecule has 0 fully saturated rings. The summed E-state index contributed by atoms with van der Waals surface area (Å²) >= 11 is 0. The van der Waals surface area contributed by atoms with Gasteiger partial charge < -0.3 is 24.4 Å². The molecule has 42 heavy (non-hydrogen) atoms. The van der Waals surface area contributed by atoms with Gasteiger partial charge in [-0.1, -0.05) is 82.3 Å². The van der Waals surface area contributed by atoms with Crippen LogP contribution in [-0.2, 0) is 10.1 Å². The van der Waals surface area contributed by atoms with E-state index in [-0.39, 0.29) is 6.61 Å². The third-order valence-corrected chi connectivity index (χ3v) is 6.67. The van der Waals surface area contributed by atoms with Gasteiger partial charge in [-0.2, -0.15) is 5.26 Å². The predicted molar refractivity (Wildman–Crippen MR) is 176 cm³/mol. The average Bonchev–Trinajstić information content (AvgIpc) is 3.00. The minimum absolute atomic E-state index is 0.133. The maximum Gasteiger partial charge on any atom is 0.118 e. The second kappa shape index (κ2) is 20.8. The molecular weight excluding hydrogens is 545 g/mol. The third kappa shape index (κ3) is 11.7. The standard InChI is InChI=1S/C24H28NO3P.C6H15N.C4H7NO/c1-25(17-18-28-29)24(19-7-5-4-6-8-19,20-9-13-22(26-2)14-10-20)21-11-15-23(27-3)16-12-21;1-5(2)7-6(3)4;5-3-1-2-4-6/h4-16H,17-18,29H2,1-3H3;5-7H,1-4H3;6H,1-2,4H2. The van der Waals surface area contributed by atoms with E-state index in [1.165, 1.54) is 5.56 Å². The molecular formula is C34H50N3O4P. The molecule has 0 saturated carbocycles. The number of hydrogen-bond donors (Lipinski definition) is 2. The van der Waals surface area contributed by atoms with Gasteiger partial charge in [-0.15, -0.1) is 0 Å². The van der Waals surface area contributed by atoms with E-state index in [1.54, 1.807) is 14.2 Å². The lowest BCUT2D eigenvalue weighted by molar-refractivity contribution is 0.169. The van der Waals surface area contributed by atoms with Crippen LogP contribution in [-0.4, -0.2) is 63.1 Å². The molecule has 230 valence electrons. The molecule has 1 atom stereocenters. The zero-order valence-corrected chi connectivity index (χ0v) is 27.5. The van der Waals surface area contributed by atoms with E-state index >= 15 is 0 Å². The van der Waals surface area contributed by atoms with Gasteiger partial charge in [-0.05, 0) is 54.4 Å². The summed E-state index contributed by atoms with van der Waals surface area (Å²) in [7, 11) is 7.84. The lowest BCUT2D eigenvalue weighted by Gasteiger charge is -2.43. The number of nitriles is 1. The van der Waals surface area contributed by atoms with Crippen LogP contribution in [0.15, 0.2) is 78.9 Å². The van der Waals surface area contributed by atoms with Crippen molar-refractivity contribution < 1.29 is 19.1 Å². The van der Waals surface area contributed by atoms with Crippen molar-refractivity contribution in [3.63, 3.8) is 0 Å². The number of nitrogens with zero attached hydrogens (tertiary/aromatic N) is 2. The number of methoxy groups -OCH3 is 2. The number of ether oxygens (including phenoxy) is 2. The molecule has 3 rings (SSSR count). The normalized spacial score (nSPS) is 10.8. The molecule has 3 aromatic rings. The van der Waals surface area contributed by atoms with Crippen LogP contribution in [0, 0.1) is 11.3 Å². The van der Waals surface area contributed by atoms with Crippen molar-refractivity contribution >= 4 is 9.47 Å². The number of unbranched alkanes of at least 4 members (excludes halogenated alkanes) is 1. The van der Waals surface area contributed by atoms with Crippen molar-refractivity contribution in [2.75, 3.05) is 41.0 Å². The molecule has 0 aliphatic carbocycles. The Balaban J connectivity index is 0.000000566. The van der Waals surface area contributed by atoms with E-state index in [9.17, 15) is 0 Å². The van der Waals surface area contributed by atoms with Crippen LogP contribution in [0.25, 0.3) is 0 Å². The van der Waals surface area contributed by atoms with Crippen LogP contribution in [0.2, 0.25) is 0 Å². The maximum atomic E-state index is 8.05. The first kappa shape index (κ1) is 37.0. The van der Waals surface area contributed by atoms with Crippen molar-refractivity contribution in [3.8, 4) is 17.6 Å². The zero-order valence-electron chi connectivity index (χ0n) is 26.3. The third-order valence-electron chi connectivity index (χ3n) is 6.44. The lowest BCUT2D eigenvalue weighted by atomic mass is 9.75. The molecule has 0 saturated heterocycles. The first-order chi connectivity index (χ1) is 20.2. The molecule has 0 heterocycles. The molecule has 0 radical (unpaired) electrons. The summed E-state index contributed by atoms with van der Waals surface area (Å²) in [5.41, 5.74) is 2.99. The Labute approximate surface area is 256 Å². The molecule has 0 aromatic heterocycles. The van der Waals surface area contributed by atoms with Crippen LogP contribution in [0.3, 0.4) is 0 Å². The van der Waals surface area contributed by atoms with E-state index in [4.69, 9.17) is 24.4 Å². The Morgan fingerprint density at radius 2 is 1.29 bits per heavy atom. The molecule has 0 bridgehead atoms. The quantitative estimate of drug-likeness (QED) is 0.134. The van der Waals surface area contributed by atoms with Crippen molar-refractivity contribution in [1.82, 2.24) is 10.2 Å². The van der Waals surface area contributed by atoms with Crippen molar-refractivity contribution in [1.29, 1.82) is 5.26 Å². The summed E-state index contributed by atoms with van der Waals surface area (Å²) in [6, 6.07) is 30.3. The topological polar surface area (TPSA) is 87.0 Å². The Bertz CT molecular complexity index is 1080. The zero-order chi connectivity index (χ0) is 31.4. The summed E-state index contributed by atoms with van der Waals surface area (Å²) in [5.74, 6) is 1.67. The fourth-order valence-electron chi connectivity index (χ4n) is 4.69. The van der Waals surface area contributed by atoms with E-state index in [2.05, 4.69) is 103 Å². The number of aliphatic hydroxyl groups excluding tert-OH is 1. The Hall–Kier alpha value is -2.98. The predicted octanol–water partition coefficient (Wildman–Crippen LogP) is 6.41. The highest BCUT2D eigenvalue weighted by atomic mass is 31.0. The number of aliphatic hydroxyl groups is 1. The SMILES string of the molecule is CC(C)NC(C)C.COc1ccc(C(c2ccccc2)(c2ccc(OC)cc2)N(C)CCOP)cc1.N#CCCCO. The Morgan fingerprint density at radius 3 is 1.60 bits per heavy atom. The lowest BCUT2D eigenvalue weighted by Crippen LogP contribution is -2.47. The molecule has 0 aliphatic heterocycles. The average molecular weight is 596 g/mol. The van der Waals surface area contributed by atoms with Gasteiger partial charge in [-0.25, -0.2) is 0 Å². The van der Waals surface area contributed by atoms with Crippen LogP contribution in [0.5, 0.6) is 11.5 Å². The summed E-state index contributed by atoms with van der Waals surface area (Å²) in [6.07, 6.45) is 1.08. The van der Waals surface area contributed by atoms with Gasteiger partial charge in [0.05, 0.1) is 32.4 Å². The fraction of sp³-hybridized carbons (Fsp3) is 0.441. The molecule has 1 unspecified atom stereocenters. The van der Waals surface area contributed by atoms with Crippen LogP contribution in [0.4, 0.5) is 0 Å². The largest absolute Gasteiger partial charge is 0.497 e. The smallest absolute Gasteiger partial charge is 0.118 e. The summed E-state index contributed by atoms with van der Waals surface area (Å²) < 4.78 is 16.1. The Morgan fingerprint density at radius 1 is 0.833 bits per heavy atom. The van der Waals surface area contributed by atoms with Gasteiger partial charge in [-0.3, -0.25) is 4.90 Å². The molecule has 3 aromatic carbocycles. The van der Waals surface area contributed by atoms with Gasteiger partial charge in [0.1, 0.15) is 11.5 Å². The van der Waals surface area contributed by atoms with Crippen LogP contribution in [0.1, 0.15) is 57.2 Å². The molecule has 7 nitrogen and oxygen atoms in total. The van der Waals surface area contributed by atoms with Gasteiger partial charge in [0.15, 0.2) is 0 Å². The van der Waals surface area contributed by atoms with Gasteiger partial charge in [0.2, 0.25) is 0 Å². The minimum atomic E-state index is -0.497. The van der Waals surface area contributed by atoms with E-state index in [1.807, 2.05) is 36.4 Å². The van der Waals surface area contributed by atoms with Crippen molar-refractivity contribution in [2.45, 2.75) is 58.2 Å².